The second kappa shape index (κ2) is 8.12. The molecule has 0 bridgehead atoms. The molecule has 1 aliphatic heterocycles. The number of nitrogens with one attached hydrogen (secondary N) is 2. The highest BCUT2D eigenvalue weighted by molar-refractivity contribution is 6.33. The summed E-state index contributed by atoms with van der Waals surface area (Å²) < 4.78 is 0. The predicted molar refractivity (Wildman–Crippen MR) is 104 cm³/mol. The van der Waals surface area contributed by atoms with Crippen molar-refractivity contribution < 1.29 is 24.6 Å². The number of aromatic carboxylic acids is 1. The normalized spacial score (nSPS) is 13.5. The molecule has 4 N–H and O–H groups in total. The van der Waals surface area contributed by atoms with Crippen LogP contribution in [0.25, 0.3) is 0 Å². The zero-order valence-corrected chi connectivity index (χ0v) is 15.2. The van der Waals surface area contributed by atoms with Gasteiger partial charge in [-0.1, -0.05) is 29.8 Å². The molecule has 9 heteroatoms. The number of halogens is 1. The summed E-state index contributed by atoms with van der Waals surface area (Å²) in [6.45, 7) is -0.481. The van der Waals surface area contributed by atoms with E-state index in [1.54, 1.807) is 30.3 Å². The van der Waals surface area contributed by atoms with Crippen LogP contribution in [0.3, 0.4) is 0 Å². The number of carbonyl (C=O) groups excluding carboxylic acids is 2. The predicted octanol–water partition coefficient (Wildman–Crippen LogP) is 2.44. The number of nitrogens with zero attached hydrogens (tertiary/aromatic N) is 1. The molecule has 144 valence electrons. The monoisotopic (exact) mass is 401 g/mol. The number of carbonyl (C=O) groups is 3. The van der Waals surface area contributed by atoms with Crippen molar-refractivity contribution in [2.24, 2.45) is 0 Å². The Balaban J connectivity index is 1.98. The number of para-hydroxylation sites is 2. The van der Waals surface area contributed by atoms with Gasteiger partial charge in [-0.15, -0.1) is 0 Å². The van der Waals surface area contributed by atoms with Gasteiger partial charge in [0.25, 0.3) is 11.8 Å². The van der Waals surface area contributed by atoms with Crippen molar-refractivity contribution >= 4 is 46.4 Å². The van der Waals surface area contributed by atoms with Gasteiger partial charge in [-0.25, -0.2) is 4.79 Å². The zero-order chi connectivity index (χ0) is 20.3. The summed E-state index contributed by atoms with van der Waals surface area (Å²) in [5, 5.41) is 24.7. The minimum absolute atomic E-state index is 0.0248. The number of hydrogen-bond donors (Lipinski definition) is 4. The summed E-state index contributed by atoms with van der Waals surface area (Å²) in [6, 6.07) is 11.3. The maximum atomic E-state index is 12.4. The molecule has 1 aliphatic rings. The van der Waals surface area contributed by atoms with Gasteiger partial charge in [0.15, 0.2) is 0 Å². The number of anilines is 3. The van der Waals surface area contributed by atoms with Gasteiger partial charge in [0.05, 0.1) is 40.8 Å². The first kappa shape index (κ1) is 19.4. The molecule has 8 nitrogen and oxygen atoms in total. The maximum absolute atomic E-state index is 12.4. The number of amides is 2. The van der Waals surface area contributed by atoms with Gasteiger partial charge in [0, 0.05) is 6.08 Å². The van der Waals surface area contributed by atoms with Crippen molar-refractivity contribution in [2.45, 2.75) is 0 Å². The smallest absolute Gasteiger partial charge is 0.337 e. The first-order valence-corrected chi connectivity index (χ1v) is 8.63. The number of carboxylic acids is 1. The van der Waals surface area contributed by atoms with Gasteiger partial charge in [0.2, 0.25) is 0 Å². The average molecular weight is 402 g/mol. The standard InChI is InChI=1S/C19H16ClN3O5/c20-12-5-1-2-6-13(12)22-17-11(19(27)28)4-3-7-14(17)21-15-10-16(25)23(8-9-24)18(15)26/h1-7,10,21-22,24H,8-9H2,(H,27,28). The van der Waals surface area contributed by atoms with Gasteiger partial charge in [-0.05, 0) is 24.3 Å². The third-order valence-electron chi connectivity index (χ3n) is 4.03. The molecule has 0 fully saturated rings. The third-order valence-corrected chi connectivity index (χ3v) is 4.36. The van der Waals surface area contributed by atoms with Gasteiger partial charge in [-0.2, -0.15) is 0 Å². The van der Waals surface area contributed by atoms with Crippen molar-refractivity contribution in [1.82, 2.24) is 4.90 Å². The highest BCUT2D eigenvalue weighted by Crippen LogP contribution is 2.34. The molecule has 0 radical (unpaired) electrons. The Morgan fingerprint density at radius 3 is 2.43 bits per heavy atom. The maximum Gasteiger partial charge on any atom is 0.337 e. The second-order valence-electron chi connectivity index (χ2n) is 5.84. The molecule has 0 unspecified atom stereocenters. The number of aliphatic hydroxyl groups excluding tert-OH is 1. The molecule has 0 spiro atoms. The van der Waals surface area contributed by atoms with Crippen LogP contribution in [0.4, 0.5) is 17.1 Å². The summed E-state index contributed by atoms with van der Waals surface area (Å²) in [5.74, 6) is -2.34. The number of imide groups is 1. The van der Waals surface area contributed by atoms with Crippen LogP contribution in [0.2, 0.25) is 5.02 Å². The van der Waals surface area contributed by atoms with Crippen LogP contribution in [0.5, 0.6) is 0 Å². The van der Waals surface area contributed by atoms with E-state index in [0.29, 0.717) is 10.7 Å². The van der Waals surface area contributed by atoms with Crippen LogP contribution in [0, 0.1) is 0 Å². The Kier molecular flexibility index (Phi) is 5.62. The molecular formula is C19H16ClN3O5. The van der Waals surface area contributed by atoms with E-state index in [1.165, 1.54) is 12.1 Å². The third kappa shape index (κ3) is 3.83. The Bertz CT molecular complexity index is 989. The van der Waals surface area contributed by atoms with E-state index < -0.39 is 17.8 Å². The molecule has 28 heavy (non-hydrogen) atoms. The molecule has 0 aliphatic carbocycles. The van der Waals surface area contributed by atoms with Crippen LogP contribution in [0.1, 0.15) is 10.4 Å². The minimum Gasteiger partial charge on any atom is -0.478 e. The molecule has 2 aromatic carbocycles. The van der Waals surface area contributed by atoms with Crippen LogP contribution >= 0.6 is 11.6 Å². The number of benzene rings is 2. The Labute approximate surface area is 165 Å². The van der Waals surface area contributed by atoms with Gasteiger partial charge in [0.1, 0.15) is 5.70 Å². The quantitative estimate of drug-likeness (QED) is 0.526. The fraction of sp³-hybridized carbons (Fsp3) is 0.105. The second-order valence-corrected chi connectivity index (χ2v) is 6.25. The lowest BCUT2D eigenvalue weighted by Crippen LogP contribution is -2.34. The Morgan fingerprint density at radius 2 is 1.75 bits per heavy atom. The minimum atomic E-state index is -1.18. The van der Waals surface area contributed by atoms with Crippen LogP contribution in [-0.4, -0.2) is 46.0 Å². The van der Waals surface area contributed by atoms with E-state index in [9.17, 15) is 19.5 Å². The summed E-state index contributed by atoms with van der Waals surface area (Å²) in [6.07, 6.45) is 1.10. The van der Waals surface area contributed by atoms with Crippen molar-refractivity contribution in [3.8, 4) is 0 Å². The van der Waals surface area contributed by atoms with Crippen molar-refractivity contribution in [1.29, 1.82) is 0 Å². The van der Waals surface area contributed by atoms with E-state index in [2.05, 4.69) is 10.6 Å². The number of aliphatic hydroxyl groups is 1. The topological polar surface area (TPSA) is 119 Å². The first-order chi connectivity index (χ1) is 13.4. The number of hydrogen-bond acceptors (Lipinski definition) is 6. The highest BCUT2D eigenvalue weighted by Gasteiger charge is 2.31. The number of β-amino-alcohol motifs (C(OH)–C–C–N with tert-alkyl or cyclic N) is 1. The molecule has 2 aromatic rings. The van der Waals surface area contributed by atoms with E-state index in [1.807, 2.05) is 0 Å². The Hall–Kier alpha value is -3.36. The lowest BCUT2D eigenvalue weighted by molar-refractivity contribution is -0.137. The molecule has 0 saturated carbocycles. The zero-order valence-electron chi connectivity index (χ0n) is 14.5. The van der Waals surface area contributed by atoms with Gasteiger partial charge >= 0.3 is 5.97 Å². The Morgan fingerprint density at radius 1 is 1.04 bits per heavy atom. The average Bonchev–Trinajstić information content (AvgIpc) is 2.92. The SMILES string of the molecule is O=C(O)c1cccc(NC2=CC(=O)N(CCO)C2=O)c1Nc1ccccc1Cl. The van der Waals surface area contributed by atoms with Crippen molar-refractivity contribution in [3.63, 3.8) is 0 Å². The van der Waals surface area contributed by atoms with Crippen molar-refractivity contribution in [3.05, 3.63) is 64.8 Å². The number of rotatable bonds is 7. The highest BCUT2D eigenvalue weighted by atomic mass is 35.5. The van der Waals surface area contributed by atoms with E-state index >= 15 is 0 Å². The number of carboxylic acid groups (broad SMARTS) is 1. The van der Waals surface area contributed by atoms with Crippen molar-refractivity contribution in [2.75, 3.05) is 23.8 Å². The van der Waals surface area contributed by atoms with Crippen LogP contribution < -0.4 is 10.6 Å². The van der Waals surface area contributed by atoms with Gasteiger partial charge in [-0.3, -0.25) is 14.5 Å². The molecule has 3 rings (SSSR count). The molecule has 0 atom stereocenters. The summed E-state index contributed by atoms with van der Waals surface area (Å²) in [5.41, 5.74) is 0.867. The summed E-state index contributed by atoms with van der Waals surface area (Å²) >= 11 is 6.15. The molecule has 1 heterocycles. The fourth-order valence-electron chi connectivity index (χ4n) is 2.72. The van der Waals surface area contributed by atoms with E-state index in [0.717, 1.165) is 11.0 Å². The lowest BCUT2D eigenvalue weighted by Gasteiger charge is -2.18. The summed E-state index contributed by atoms with van der Waals surface area (Å²) in [7, 11) is 0. The molecular weight excluding hydrogens is 386 g/mol. The first-order valence-electron chi connectivity index (χ1n) is 8.25. The van der Waals surface area contributed by atoms with E-state index in [-0.39, 0.29) is 35.8 Å². The molecule has 0 saturated heterocycles. The fourth-order valence-corrected chi connectivity index (χ4v) is 2.90. The van der Waals surface area contributed by atoms with Crippen LogP contribution in [-0.2, 0) is 9.59 Å². The molecule has 0 aromatic heterocycles. The largest absolute Gasteiger partial charge is 0.478 e. The summed E-state index contributed by atoms with van der Waals surface area (Å²) in [4.78, 5) is 36.8. The van der Waals surface area contributed by atoms with E-state index in [4.69, 9.17) is 16.7 Å². The van der Waals surface area contributed by atoms with Crippen LogP contribution in [0.15, 0.2) is 54.2 Å². The lowest BCUT2D eigenvalue weighted by atomic mass is 10.1. The molecule has 2 amide bonds. The van der Waals surface area contributed by atoms with Gasteiger partial charge < -0.3 is 20.8 Å².